The lowest BCUT2D eigenvalue weighted by atomic mass is 10.1. The van der Waals surface area contributed by atoms with E-state index in [9.17, 15) is 18.0 Å². The first-order valence-corrected chi connectivity index (χ1v) is 9.68. The molecule has 1 unspecified atom stereocenters. The molecule has 4 nitrogen and oxygen atoms in total. The minimum Gasteiger partial charge on any atom is -0.325 e. The second-order valence-corrected chi connectivity index (χ2v) is 7.56. The Balaban J connectivity index is 1.89. The molecule has 0 saturated carbocycles. The number of hydrogen-bond acceptors (Lipinski definition) is 4. The summed E-state index contributed by atoms with van der Waals surface area (Å²) in [6.45, 7) is 1.83. The maximum Gasteiger partial charge on any atom is 0.433 e. The lowest BCUT2D eigenvalue weighted by molar-refractivity contribution is -0.141. The van der Waals surface area contributed by atoms with Crippen LogP contribution in [0.4, 0.5) is 18.9 Å². The van der Waals surface area contributed by atoms with Crippen molar-refractivity contribution in [2.75, 3.05) is 5.32 Å². The molecule has 2 aromatic carbocycles. The summed E-state index contributed by atoms with van der Waals surface area (Å²) in [5.74, 6) is -0.429. The van der Waals surface area contributed by atoms with Crippen molar-refractivity contribution < 1.29 is 18.0 Å². The molecule has 1 N–H and O–H groups in total. The van der Waals surface area contributed by atoms with Crippen LogP contribution in [-0.4, -0.2) is 15.9 Å². The van der Waals surface area contributed by atoms with Gasteiger partial charge in [-0.3, -0.25) is 4.79 Å². The fourth-order valence-corrected chi connectivity index (χ4v) is 3.56. The number of rotatable bonds is 5. The number of hydrogen-bond donors (Lipinski definition) is 1. The molecule has 0 bridgehead atoms. The van der Waals surface area contributed by atoms with Crippen molar-refractivity contribution in [2.24, 2.45) is 0 Å². The van der Waals surface area contributed by atoms with E-state index in [0.717, 1.165) is 29.6 Å². The van der Waals surface area contributed by atoms with Crippen molar-refractivity contribution in [3.8, 4) is 0 Å². The average Bonchev–Trinajstić information content (AvgIpc) is 2.69. The Morgan fingerprint density at radius 1 is 1.14 bits per heavy atom. The van der Waals surface area contributed by atoms with Crippen LogP contribution >= 0.6 is 23.4 Å². The number of alkyl halides is 3. The van der Waals surface area contributed by atoms with E-state index in [1.165, 1.54) is 0 Å². The van der Waals surface area contributed by atoms with Gasteiger partial charge in [-0.25, -0.2) is 9.97 Å². The summed E-state index contributed by atoms with van der Waals surface area (Å²) in [5, 5.41) is 2.24. The van der Waals surface area contributed by atoms with Crippen molar-refractivity contribution in [3.05, 3.63) is 82.6 Å². The van der Waals surface area contributed by atoms with Gasteiger partial charge in [-0.2, -0.15) is 13.2 Å². The Hall–Kier alpha value is -2.58. The first-order valence-electron chi connectivity index (χ1n) is 8.43. The van der Waals surface area contributed by atoms with Gasteiger partial charge in [0, 0.05) is 16.9 Å². The van der Waals surface area contributed by atoms with E-state index < -0.39 is 23.0 Å². The third kappa shape index (κ3) is 5.48. The molecule has 29 heavy (non-hydrogen) atoms. The van der Waals surface area contributed by atoms with Gasteiger partial charge in [-0.1, -0.05) is 59.8 Å². The van der Waals surface area contributed by atoms with Crippen LogP contribution in [0.15, 0.2) is 66.0 Å². The zero-order chi connectivity index (χ0) is 21.0. The van der Waals surface area contributed by atoms with Gasteiger partial charge < -0.3 is 5.32 Å². The largest absolute Gasteiger partial charge is 0.433 e. The predicted molar refractivity (Wildman–Crippen MR) is 107 cm³/mol. The maximum atomic E-state index is 13.0. The Morgan fingerprint density at radius 3 is 2.52 bits per heavy atom. The predicted octanol–water partition coefficient (Wildman–Crippen LogP) is 5.93. The molecule has 1 atom stereocenters. The SMILES string of the molecule is Cc1ccc(NC(=O)C(Sc2nccc(C(F)(F)F)n2)c2ccccc2)cc1Cl. The summed E-state index contributed by atoms with van der Waals surface area (Å²) in [7, 11) is 0. The molecule has 0 radical (unpaired) electrons. The monoisotopic (exact) mass is 437 g/mol. The third-order valence-corrected chi connectivity index (χ3v) is 5.46. The molecule has 0 fully saturated rings. The van der Waals surface area contributed by atoms with E-state index in [1.54, 1.807) is 48.5 Å². The number of aryl methyl sites for hydroxylation is 1. The lowest BCUT2D eigenvalue weighted by Gasteiger charge is -2.17. The average molecular weight is 438 g/mol. The van der Waals surface area contributed by atoms with Gasteiger partial charge in [0.1, 0.15) is 10.9 Å². The van der Waals surface area contributed by atoms with E-state index in [1.807, 2.05) is 6.92 Å². The Labute approximate surface area is 174 Å². The molecule has 9 heteroatoms. The molecule has 3 rings (SSSR count). The molecule has 1 aromatic heterocycles. The van der Waals surface area contributed by atoms with Crippen LogP contribution in [0.3, 0.4) is 0 Å². The molecule has 0 aliphatic carbocycles. The summed E-state index contributed by atoms with van der Waals surface area (Å²) in [4.78, 5) is 20.4. The maximum absolute atomic E-state index is 13.0. The fraction of sp³-hybridized carbons (Fsp3) is 0.150. The number of nitrogens with zero attached hydrogens (tertiary/aromatic N) is 2. The van der Waals surface area contributed by atoms with Crippen LogP contribution < -0.4 is 5.32 Å². The van der Waals surface area contributed by atoms with E-state index in [2.05, 4.69) is 15.3 Å². The number of aromatic nitrogens is 2. The molecule has 0 aliphatic heterocycles. The quantitative estimate of drug-likeness (QED) is 0.397. The molecular formula is C20H15ClF3N3OS. The molecule has 0 saturated heterocycles. The van der Waals surface area contributed by atoms with Gasteiger partial charge in [0.2, 0.25) is 5.91 Å². The molecule has 1 amide bonds. The standard InChI is InChI=1S/C20H15ClF3N3OS/c1-12-7-8-14(11-15(12)21)26-18(28)17(13-5-3-2-4-6-13)29-19-25-10-9-16(27-19)20(22,23)24/h2-11,17H,1H3,(H,26,28). The van der Waals surface area contributed by atoms with E-state index in [-0.39, 0.29) is 5.16 Å². The minimum absolute atomic E-state index is 0.147. The van der Waals surface area contributed by atoms with Gasteiger partial charge >= 0.3 is 6.18 Å². The van der Waals surface area contributed by atoms with Crippen LogP contribution in [-0.2, 0) is 11.0 Å². The highest BCUT2D eigenvalue weighted by molar-refractivity contribution is 8.00. The fourth-order valence-electron chi connectivity index (χ4n) is 2.44. The molecule has 1 heterocycles. The van der Waals surface area contributed by atoms with Crippen molar-refractivity contribution >= 4 is 35.0 Å². The number of anilines is 1. The minimum atomic E-state index is -4.60. The highest BCUT2D eigenvalue weighted by Crippen LogP contribution is 2.36. The first-order chi connectivity index (χ1) is 13.7. The number of halogens is 4. The van der Waals surface area contributed by atoms with Gasteiger partial charge in [0.25, 0.3) is 0 Å². The topological polar surface area (TPSA) is 54.9 Å². The summed E-state index contributed by atoms with van der Waals surface area (Å²) < 4.78 is 38.9. The van der Waals surface area contributed by atoms with Crippen LogP contribution in [0.5, 0.6) is 0 Å². The van der Waals surface area contributed by atoms with Gasteiger partial charge in [0.15, 0.2) is 5.16 Å². The Kier molecular flexibility index (Phi) is 6.44. The van der Waals surface area contributed by atoms with Crippen molar-refractivity contribution in [1.82, 2.24) is 9.97 Å². The first kappa shape index (κ1) is 21.1. The normalized spacial score (nSPS) is 12.4. The summed E-state index contributed by atoms with van der Waals surface area (Å²) in [5.41, 5.74) is 0.884. The molecule has 0 spiro atoms. The number of carbonyl (C=O) groups is 1. The van der Waals surface area contributed by atoms with Gasteiger partial charge in [0.05, 0.1) is 0 Å². The third-order valence-electron chi connectivity index (χ3n) is 3.93. The van der Waals surface area contributed by atoms with Crippen LogP contribution in [0, 0.1) is 6.92 Å². The number of carbonyl (C=O) groups excluding carboxylic acids is 1. The van der Waals surface area contributed by atoms with Gasteiger partial charge in [-0.15, -0.1) is 0 Å². The number of benzene rings is 2. The van der Waals surface area contributed by atoms with Crippen LogP contribution in [0.2, 0.25) is 5.02 Å². The van der Waals surface area contributed by atoms with Gasteiger partial charge in [-0.05, 0) is 36.2 Å². The lowest BCUT2D eigenvalue weighted by Crippen LogP contribution is -2.19. The molecule has 3 aromatic rings. The summed E-state index contributed by atoms with van der Waals surface area (Å²) in [6, 6.07) is 14.6. The van der Waals surface area contributed by atoms with Crippen molar-refractivity contribution in [3.63, 3.8) is 0 Å². The highest BCUT2D eigenvalue weighted by atomic mass is 35.5. The second-order valence-electron chi connectivity index (χ2n) is 6.08. The number of thioether (sulfide) groups is 1. The molecule has 0 aliphatic rings. The second kappa shape index (κ2) is 8.84. The Morgan fingerprint density at radius 2 is 1.86 bits per heavy atom. The Bertz CT molecular complexity index is 1020. The zero-order valence-electron chi connectivity index (χ0n) is 15.1. The summed E-state index contributed by atoms with van der Waals surface area (Å²) in [6.07, 6.45) is -3.57. The highest BCUT2D eigenvalue weighted by Gasteiger charge is 2.33. The molecule has 150 valence electrons. The van der Waals surface area contributed by atoms with Crippen LogP contribution in [0.1, 0.15) is 22.1 Å². The number of amides is 1. The smallest absolute Gasteiger partial charge is 0.325 e. The molecular weight excluding hydrogens is 423 g/mol. The van der Waals surface area contributed by atoms with E-state index >= 15 is 0 Å². The van der Waals surface area contributed by atoms with E-state index in [0.29, 0.717) is 16.3 Å². The van der Waals surface area contributed by atoms with E-state index in [4.69, 9.17) is 11.6 Å². The van der Waals surface area contributed by atoms with Crippen molar-refractivity contribution in [2.45, 2.75) is 23.5 Å². The summed E-state index contributed by atoms with van der Waals surface area (Å²) >= 11 is 6.94. The number of nitrogens with one attached hydrogen (secondary N) is 1. The van der Waals surface area contributed by atoms with Crippen molar-refractivity contribution in [1.29, 1.82) is 0 Å². The van der Waals surface area contributed by atoms with Crippen LogP contribution in [0.25, 0.3) is 0 Å². The zero-order valence-corrected chi connectivity index (χ0v) is 16.6.